The maximum Gasteiger partial charge on any atom is 0.341 e. The van der Waals surface area contributed by atoms with E-state index in [1.165, 1.54) is 0 Å². The number of phenolic OH excluding ortho intramolecular Hbond substituents is 2. The molecule has 6 N–H and O–H groups in total. The lowest BCUT2D eigenvalue weighted by Gasteiger charge is -2.10. The van der Waals surface area contributed by atoms with Crippen LogP contribution in [-0.2, 0) is 9.47 Å². The van der Waals surface area contributed by atoms with Crippen LogP contribution in [0.5, 0.6) is 11.5 Å². The molecule has 18 heteroatoms. The summed E-state index contributed by atoms with van der Waals surface area (Å²) in [6.45, 7) is 7.67. The van der Waals surface area contributed by atoms with E-state index in [0.717, 1.165) is 52.6 Å². The zero-order valence-corrected chi connectivity index (χ0v) is 20.1. The summed E-state index contributed by atoms with van der Waals surface area (Å²) >= 11 is 0. The second-order valence-electron chi connectivity index (χ2n) is 7.29. The van der Waals surface area contributed by atoms with E-state index in [0.29, 0.717) is 0 Å². The van der Waals surface area contributed by atoms with Crippen molar-refractivity contribution in [2.45, 2.75) is 0 Å². The van der Waals surface area contributed by atoms with E-state index in [4.69, 9.17) is 29.9 Å². The second-order valence-corrected chi connectivity index (χ2v) is 7.29. The van der Waals surface area contributed by atoms with Gasteiger partial charge in [-0.3, -0.25) is 0 Å². The predicted molar refractivity (Wildman–Crippen MR) is 117 cm³/mol. The van der Waals surface area contributed by atoms with Crippen molar-refractivity contribution in [3.8, 4) is 11.5 Å². The second kappa shape index (κ2) is 16.4. The van der Waals surface area contributed by atoms with Crippen molar-refractivity contribution in [2.24, 2.45) is 0 Å². The first-order chi connectivity index (χ1) is 18.7. The van der Waals surface area contributed by atoms with E-state index in [2.05, 4.69) is 10.6 Å². The van der Waals surface area contributed by atoms with Gasteiger partial charge in [0.05, 0.1) is 26.4 Å². The number of rotatable bonds is 2. The molecular formula is C22H22F8N2O8. The number of halogens is 8. The van der Waals surface area contributed by atoms with E-state index in [9.17, 15) is 44.7 Å². The average Bonchev–Trinajstić information content (AvgIpc) is 2.95. The van der Waals surface area contributed by atoms with Gasteiger partial charge in [0.15, 0.2) is 34.8 Å². The minimum Gasteiger partial charge on any atom is -0.503 e. The van der Waals surface area contributed by atoms with Crippen molar-refractivity contribution >= 4 is 11.9 Å². The molecule has 2 saturated heterocycles. The Morgan fingerprint density at radius 3 is 0.850 bits per heavy atom. The van der Waals surface area contributed by atoms with Gasteiger partial charge in [-0.15, -0.1) is 0 Å². The lowest BCUT2D eigenvalue weighted by atomic mass is 10.1. The Bertz CT molecular complexity index is 1020. The van der Waals surface area contributed by atoms with Gasteiger partial charge in [0.1, 0.15) is 11.1 Å². The number of aromatic carboxylic acids is 2. The zero-order valence-electron chi connectivity index (χ0n) is 20.1. The highest BCUT2D eigenvalue weighted by Crippen LogP contribution is 2.29. The molecule has 0 bridgehead atoms. The number of nitrogens with one attached hydrogen (secondary N) is 2. The van der Waals surface area contributed by atoms with Crippen molar-refractivity contribution in [3.63, 3.8) is 0 Å². The number of morpholine rings is 2. The topological polar surface area (TPSA) is 158 Å². The Balaban J connectivity index is 0.000000286. The average molecular weight is 594 g/mol. The van der Waals surface area contributed by atoms with Crippen LogP contribution >= 0.6 is 0 Å². The molecule has 10 nitrogen and oxygen atoms in total. The van der Waals surface area contributed by atoms with Crippen molar-refractivity contribution in [1.82, 2.24) is 10.6 Å². The number of benzene rings is 2. The van der Waals surface area contributed by atoms with Crippen LogP contribution in [-0.4, -0.2) is 85.0 Å². The van der Waals surface area contributed by atoms with Crippen LogP contribution in [0.1, 0.15) is 20.7 Å². The number of carboxylic acid groups (broad SMARTS) is 2. The summed E-state index contributed by atoms with van der Waals surface area (Å²) < 4.78 is 111. The molecule has 0 atom stereocenters. The highest BCUT2D eigenvalue weighted by atomic mass is 19.2. The molecule has 2 aliphatic rings. The summed E-state index contributed by atoms with van der Waals surface area (Å²) in [4.78, 5) is 20.3. The molecule has 0 unspecified atom stereocenters. The number of ether oxygens (including phenoxy) is 2. The molecule has 0 amide bonds. The third-order valence-corrected chi connectivity index (χ3v) is 4.60. The molecule has 40 heavy (non-hydrogen) atoms. The Morgan fingerprint density at radius 2 is 0.725 bits per heavy atom. The number of carbonyl (C=O) groups is 2. The third-order valence-electron chi connectivity index (χ3n) is 4.60. The molecule has 224 valence electrons. The molecule has 2 aromatic carbocycles. The van der Waals surface area contributed by atoms with Crippen molar-refractivity contribution in [2.75, 3.05) is 52.6 Å². The highest BCUT2D eigenvalue weighted by molar-refractivity contribution is 5.89. The Hall–Kier alpha value is -3.74. The van der Waals surface area contributed by atoms with Crippen LogP contribution in [0.25, 0.3) is 0 Å². The van der Waals surface area contributed by atoms with Gasteiger partial charge in [-0.05, 0) is 0 Å². The number of carboxylic acids is 2. The third kappa shape index (κ3) is 9.18. The summed E-state index contributed by atoms with van der Waals surface area (Å²) in [5.74, 6) is -25.2. The smallest absolute Gasteiger partial charge is 0.341 e. The summed E-state index contributed by atoms with van der Waals surface area (Å²) in [5, 5.41) is 39.6. The standard InChI is InChI=1S/2C7H2F4O3.2C4H9NO/c2*8-2-1(7(13)14)3(9)5(11)6(12)4(2)10;2*1-3-6-4-2-5-1/h2*12H,(H,13,14);2*5H,1-4H2. The maximum absolute atomic E-state index is 12.6. The fourth-order valence-electron chi connectivity index (χ4n) is 2.65. The summed E-state index contributed by atoms with van der Waals surface area (Å²) in [7, 11) is 0. The largest absolute Gasteiger partial charge is 0.503 e. The van der Waals surface area contributed by atoms with Gasteiger partial charge in [-0.25, -0.2) is 27.2 Å². The van der Waals surface area contributed by atoms with Gasteiger partial charge in [-0.1, -0.05) is 0 Å². The van der Waals surface area contributed by atoms with Crippen molar-refractivity contribution < 1.29 is 74.6 Å². The van der Waals surface area contributed by atoms with Gasteiger partial charge < -0.3 is 40.5 Å². The molecule has 0 saturated carbocycles. The fraction of sp³-hybridized carbons (Fsp3) is 0.364. The number of phenols is 2. The number of hydrogen-bond donors (Lipinski definition) is 6. The van der Waals surface area contributed by atoms with E-state index in [1.54, 1.807) is 0 Å². The van der Waals surface area contributed by atoms with Gasteiger partial charge in [0.2, 0.25) is 23.3 Å². The van der Waals surface area contributed by atoms with E-state index in [-0.39, 0.29) is 0 Å². The normalized spacial score (nSPS) is 14.4. The van der Waals surface area contributed by atoms with Gasteiger partial charge in [0.25, 0.3) is 0 Å². The fourth-order valence-corrected chi connectivity index (χ4v) is 2.65. The van der Waals surface area contributed by atoms with Gasteiger partial charge >= 0.3 is 11.9 Å². The highest BCUT2D eigenvalue weighted by Gasteiger charge is 2.30. The van der Waals surface area contributed by atoms with E-state index >= 15 is 0 Å². The summed E-state index contributed by atoms with van der Waals surface area (Å²) in [5.41, 5.74) is -3.56. The minimum absolute atomic E-state index is 0.889. The van der Waals surface area contributed by atoms with Gasteiger partial charge in [0, 0.05) is 26.2 Å². The van der Waals surface area contributed by atoms with Gasteiger partial charge in [-0.2, -0.15) is 17.6 Å². The van der Waals surface area contributed by atoms with Crippen LogP contribution in [0.3, 0.4) is 0 Å². The van der Waals surface area contributed by atoms with Crippen LogP contribution in [0.2, 0.25) is 0 Å². The van der Waals surface area contributed by atoms with Crippen LogP contribution in [0.15, 0.2) is 0 Å². The van der Waals surface area contributed by atoms with Crippen LogP contribution in [0.4, 0.5) is 35.1 Å². The van der Waals surface area contributed by atoms with Crippen molar-refractivity contribution in [1.29, 1.82) is 0 Å². The molecular weight excluding hydrogens is 572 g/mol. The van der Waals surface area contributed by atoms with Crippen molar-refractivity contribution in [3.05, 3.63) is 57.7 Å². The SMILES string of the molecule is C1COCCN1.C1COCCN1.O=C(O)c1c(F)c(F)c(O)c(F)c1F.O=C(O)c1c(F)c(F)c(O)c(F)c1F. The molecule has 0 radical (unpaired) electrons. The molecule has 2 heterocycles. The predicted octanol–water partition coefficient (Wildman–Crippen LogP) is 2.51. The number of aromatic hydroxyl groups is 2. The molecule has 2 fully saturated rings. The summed E-state index contributed by atoms with van der Waals surface area (Å²) in [6.07, 6.45) is 0. The Kier molecular flexibility index (Phi) is 14.0. The molecule has 0 aromatic heterocycles. The zero-order chi connectivity index (χ0) is 30.6. The summed E-state index contributed by atoms with van der Waals surface area (Å²) in [6, 6.07) is 0. The lowest BCUT2D eigenvalue weighted by Crippen LogP contribution is -2.30. The maximum atomic E-state index is 12.6. The molecule has 0 aliphatic carbocycles. The lowest BCUT2D eigenvalue weighted by molar-refractivity contribution is 0.0671. The number of hydrogen-bond acceptors (Lipinski definition) is 8. The van der Waals surface area contributed by atoms with E-state index < -0.39 is 81.1 Å². The first-order valence-electron chi connectivity index (χ1n) is 10.9. The van der Waals surface area contributed by atoms with Crippen LogP contribution in [0, 0.1) is 46.5 Å². The molecule has 2 aliphatic heterocycles. The quantitative estimate of drug-likeness (QED) is 0.226. The Labute approximate surface area is 219 Å². The first-order valence-corrected chi connectivity index (χ1v) is 10.9. The molecule has 2 aromatic rings. The van der Waals surface area contributed by atoms with E-state index in [1.807, 2.05) is 0 Å². The monoisotopic (exact) mass is 594 g/mol. The molecule has 0 spiro atoms. The Morgan fingerprint density at radius 1 is 0.500 bits per heavy atom. The molecule has 4 rings (SSSR count). The van der Waals surface area contributed by atoms with Crippen LogP contribution < -0.4 is 10.6 Å². The first kappa shape index (κ1) is 34.3. The minimum atomic E-state index is -2.17.